The van der Waals surface area contributed by atoms with Crippen molar-refractivity contribution < 1.29 is 14.1 Å². The van der Waals surface area contributed by atoms with Gasteiger partial charge in [-0.1, -0.05) is 17.3 Å². The lowest BCUT2D eigenvalue weighted by Crippen LogP contribution is -2.14. The smallest absolute Gasteiger partial charge is 0.261 e. The van der Waals surface area contributed by atoms with Gasteiger partial charge >= 0.3 is 0 Å². The molecule has 0 aliphatic carbocycles. The van der Waals surface area contributed by atoms with Gasteiger partial charge in [-0.25, -0.2) is 0 Å². The minimum atomic E-state index is -0.254. The summed E-state index contributed by atoms with van der Waals surface area (Å²) in [6, 6.07) is 7.22. The highest BCUT2D eigenvalue weighted by Crippen LogP contribution is 2.24. The molecule has 2 aromatic rings. The summed E-state index contributed by atoms with van der Waals surface area (Å²) < 4.78 is 10.1. The van der Waals surface area contributed by atoms with Crippen LogP contribution >= 0.6 is 0 Å². The van der Waals surface area contributed by atoms with Crippen LogP contribution in [0.5, 0.6) is 5.75 Å². The second kappa shape index (κ2) is 4.91. The highest BCUT2D eigenvalue weighted by atomic mass is 16.5. The first-order valence-corrected chi connectivity index (χ1v) is 5.50. The first kappa shape index (κ1) is 12.2. The molecule has 0 unspecified atom stereocenters. The van der Waals surface area contributed by atoms with Crippen LogP contribution < -0.4 is 10.1 Å². The zero-order valence-corrected chi connectivity index (χ0v) is 10.5. The van der Waals surface area contributed by atoms with E-state index < -0.39 is 0 Å². The summed E-state index contributed by atoms with van der Waals surface area (Å²) in [5, 5.41) is 6.54. The van der Waals surface area contributed by atoms with Crippen LogP contribution in [0.3, 0.4) is 0 Å². The van der Waals surface area contributed by atoms with Crippen molar-refractivity contribution in [1.82, 2.24) is 5.16 Å². The highest BCUT2D eigenvalue weighted by molar-refractivity contribution is 6.06. The lowest BCUT2D eigenvalue weighted by Gasteiger charge is -2.09. The number of carbonyl (C=O) groups is 1. The molecule has 5 heteroatoms. The molecule has 0 saturated heterocycles. The number of hydrogen-bond donors (Lipinski definition) is 1. The molecule has 2 rings (SSSR count). The minimum absolute atomic E-state index is 0.254. The molecular weight excluding hydrogens is 232 g/mol. The number of carbonyl (C=O) groups excluding carboxylic acids is 1. The summed E-state index contributed by atoms with van der Waals surface area (Å²) in [5.41, 5.74) is 1.64. The molecule has 0 aliphatic rings. The Labute approximate surface area is 105 Å². The van der Waals surface area contributed by atoms with Gasteiger partial charge in [0.25, 0.3) is 5.91 Å². The van der Waals surface area contributed by atoms with Crippen molar-refractivity contribution >= 4 is 11.6 Å². The predicted molar refractivity (Wildman–Crippen MR) is 66.9 cm³/mol. The van der Waals surface area contributed by atoms with Gasteiger partial charge in [-0.3, -0.25) is 4.79 Å². The third-order valence-corrected chi connectivity index (χ3v) is 2.62. The molecule has 0 radical (unpaired) electrons. The quantitative estimate of drug-likeness (QED) is 0.903. The molecule has 0 saturated carbocycles. The van der Waals surface area contributed by atoms with Crippen molar-refractivity contribution in [3.63, 3.8) is 0 Å². The third-order valence-electron chi connectivity index (χ3n) is 2.62. The lowest BCUT2D eigenvalue weighted by molar-refractivity contribution is 0.102. The van der Waals surface area contributed by atoms with Gasteiger partial charge < -0.3 is 14.6 Å². The van der Waals surface area contributed by atoms with E-state index in [-0.39, 0.29) is 5.91 Å². The molecule has 1 aromatic carbocycles. The van der Waals surface area contributed by atoms with Crippen molar-refractivity contribution in [3.05, 3.63) is 41.3 Å². The van der Waals surface area contributed by atoms with E-state index >= 15 is 0 Å². The Bertz CT molecular complexity index is 556. The summed E-state index contributed by atoms with van der Waals surface area (Å²) in [5.74, 6) is 0.855. The largest absolute Gasteiger partial charge is 0.495 e. The second-order valence-electron chi connectivity index (χ2n) is 3.85. The maximum absolute atomic E-state index is 12.1. The number of rotatable bonds is 3. The van der Waals surface area contributed by atoms with Crippen molar-refractivity contribution in [2.45, 2.75) is 13.8 Å². The van der Waals surface area contributed by atoms with E-state index in [9.17, 15) is 4.79 Å². The van der Waals surface area contributed by atoms with Crippen LogP contribution in [0.1, 0.15) is 21.8 Å². The van der Waals surface area contributed by atoms with Crippen LogP contribution in [0.2, 0.25) is 0 Å². The lowest BCUT2D eigenvalue weighted by atomic mass is 10.2. The van der Waals surface area contributed by atoms with E-state index in [0.717, 1.165) is 0 Å². The zero-order valence-electron chi connectivity index (χ0n) is 10.5. The first-order chi connectivity index (χ1) is 8.63. The number of hydrogen-bond acceptors (Lipinski definition) is 4. The molecule has 5 nitrogen and oxygen atoms in total. The second-order valence-corrected chi connectivity index (χ2v) is 3.85. The molecule has 0 bridgehead atoms. The SMILES string of the molecule is COc1ccccc1NC(=O)c1c(C)noc1C. The Morgan fingerprint density at radius 2 is 2.06 bits per heavy atom. The van der Waals surface area contributed by atoms with E-state index in [4.69, 9.17) is 9.26 Å². The molecule has 0 atom stereocenters. The highest BCUT2D eigenvalue weighted by Gasteiger charge is 2.18. The van der Waals surface area contributed by atoms with Gasteiger partial charge in [0.05, 0.1) is 18.5 Å². The first-order valence-electron chi connectivity index (χ1n) is 5.50. The van der Waals surface area contributed by atoms with Gasteiger partial charge in [0, 0.05) is 0 Å². The Morgan fingerprint density at radius 1 is 1.33 bits per heavy atom. The fourth-order valence-corrected chi connectivity index (χ4v) is 1.74. The van der Waals surface area contributed by atoms with Crippen LogP contribution in [-0.2, 0) is 0 Å². The van der Waals surface area contributed by atoms with Crippen molar-refractivity contribution in [2.24, 2.45) is 0 Å². The molecule has 0 fully saturated rings. The Morgan fingerprint density at radius 3 is 2.67 bits per heavy atom. The molecule has 18 heavy (non-hydrogen) atoms. The molecule has 0 aliphatic heterocycles. The average molecular weight is 246 g/mol. The normalized spacial score (nSPS) is 10.2. The van der Waals surface area contributed by atoms with Gasteiger partial charge in [0.15, 0.2) is 0 Å². The van der Waals surface area contributed by atoms with Crippen LogP contribution in [-0.4, -0.2) is 18.2 Å². The topological polar surface area (TPSA) is 64.4 Å². The van der Waals surface area contributed by atoms with Crippen molar-refractivity contribution in [3.8, 4) is 5.75 Å². The summed E-state index contributed by atoms with van der Waals surface area (Å²) in [6.45, 7) is 3.44. The van der Waals surface area contributed by atoms with Gasteiger partial charge in [-0.2, -0.15) is 0 Å². The molecular formula is C13H14N2O3. The van der Waals surface area contributed by atoms with Crippen LogP contribution in [0.15, 0.2) is 28.8 Å². The monoisotopic (exact) mass is 246 g/mol. The van der Waals surface area contributed by atoms with Gasteiger partial charge in [0.1, 0.15) is 17.1 Å². The van der Waals surface area contributed by atoms with Gasteiger partial charge in [0.2, 0.25) is 0 Å². The number of amides is 1. The number of nitrogens with one attached hydrogen (secondary N) is 1. The summed E-state index contributed by atoms with van der Waals surface area (Å²) >= 11 is 0. The predicted octanol–water partition coefficient (Wildman–Crippen LogP) is 2.55. The summed E-state index contributed by atoms with van der Waals surface area (Å²) in [4.78, 5) is 12.1. The molecule has 1 N–H and O–H groups in total. The van der Waals surface area contributed by atoms with Crippen LogP contribution in [0, 0.1) is 13.8 Å². The molecule has 94 valence electrons. The third kappa shape index (κ3) is 2.20. The number of anilines is 1. The van der Waals surface area contributed by atoms with E-state index in [0.29, 0.717) is 28.5 Å². The number of benzene rings is 1. The maximum atomic E-state index is 12.1. The molecule has 1 amide bonds. The van der Waals surface area contributed by atoms with Crippen LogP contribution in [0.25, 0.3) is 0 Å². The molecule has 1 heterocycles. The Hall–Kier alpha value is -2.30. The van der Waals surface area contributed by atoms with Gasteiger partial charge in [-0.15, -0.1) is 0 Å². The van der Waals surface area contributed by atoms with E-state index in [2.05, 4.69) is 10.5 Å². The Balaban J connectivity index is 2.27. The molecule has 0 spiro atoms. The van der Waals surface area contributed by atoms with E-state index in [1.807, 2.05) is 12.1 Å². The van der Waals surface area contributed by atoms with E-state index in [1.54, 1.807) is 33.1 Å². The number of methoxy groups -OCH3 is 1. The number of para-hydroxylation sites is 2. The number of aromatic nitrogens is 1. The number of aryl methyl sites for hydroxylation is 2. The average Bonchev–Trinajstić information content (AvgIpc) is 2.69. The Kier molecular flexibility index (Phi) is 3.32. The fourth-order valence-electron chi connectivity index (χ4n) is 1.74. The summed E-state index contributed by atoms with van der Waals surface area (Å²) in [6.07, 6.45) is 0. The molecule has 1 aromatic heterocycles. The number of nitrogens with zero attached hydrogens (tertiary/aromatic N) is 1. The van der Waals surface area contributed by atoms with Crippen LogP contribution in [0.4, 0.5) is 5.69 Å². The van der Waals surface area contributed by atoms with Gasteiger partial charge in [-0.05, 0) is 26.0 Å². The maximum Gasteiger partial charge on any atom is 0.261 e. The van der Waals surface area contributed by atoms with Crippen molar-refractivity contribution in [2.75, 3.05) is 12.4 Å². The zero-order chi connectivity index (χ0) is 13.1. The number of ether oxygens (including phenoxy) is 1. The fraction of sp³-hybridized carbons (Fsp3) is 0.231. The van der Waals surface area contributed by atoms with E-state index in [1.165, 1.54) is 0 Å². The standard InChI is InChI=1S/C13H14N2O3/c1-8-12(9(2)18-15-8)13(16)14-10-6-4-5-7-11(10)17-3/h4-7H,1-3H3,(H,14,16). The summed E-state index contributed by atoms with van der Waals surface area (Å²) in [7, 11) is 1.56. The minimum Gasteiger partial charge on any atom is -0.495 e. The van der Waals surface area contributed by atoms with Crippen molar-refractivity contribution in [1.29, 1.82) is 0 Å².